The topological polar surface area (TPSA) is 38.8 Å². The highest BCUT2D eigenvalue weighted by molar-refractivity contribution is 5.51. The predicted molar refractivity (Wildman–Crippen MR) is 34.4 cm³/mol. The highest BCUT2D eigenvalue weighted by Crippen LogP contribution is 2.05. The lowest BCUT2D eigenvalue weighted by molar-refractivity contribution is -0.146. The maximum atomic E-state index is 10.0. The molecule has 1 rings (SSSR count). The minimum absolute atomic E-state index is 0.315. The standard InChI is InChI=1S/C6H11NO3/c1-7(2-3-8)6-9-4-5-10-6/h3,6H,2,4-5H2,1H3. The van der Waals surface area contributed by atoms with E-state index in [9.17, 15) is 4.79 Å². The largest absolute Gasteiger partial charge is 0.337 e. The van der Waals surface area contributed by atoms with Crippen molar-refractivity contribution in [2.75, 3.05) is 26.8 Å². The summed E-state index contributed by atoms with van der Waals surface area (Å²) in [5, 5.41) is 0. The van der Waals surface area contributed by atoms with Crippen molar-refractivity contribution in [1.82, 2.24) is 4.90 Å². The highest BCUT2D eigenvalue weighted by Gasteiger charge is 2.19. The molecular weight excluding hydrogens is 134 g/mol. The van der Waals surface area contributed by atoms with E-state index in [0.29, 0.717) is 19.8 Å². The van der Waals surface area contributed by atoms with Gasteiger partial charge in [-0.3, -0.25) is 4.90 Å². The van der Waals surface area contributed by atoms with E-state index in [4.69, 9.17) is 9.47 Å². The van der Waals surface area contributed by atoms with Gasteiger partial charge in [0.25, 0.3) is 0 Å². The number of hydrogen-bond acceptors (Lipinski definition) is 4. The quantitative estimate of drug-likeness (QED) is 0.499. The van der Waals surface area contributed by atoms with Crippen LogP contribution in [0, 0.1) is 0 Å². The Bertz CT molecular complexity index is 112. The van der Waals surface area contributed by atoms with Crippen molar-refractivity contribution in [2.24, 2.45) is 0 Å². The number of hydrogen-bond donors (Lipinski definition) is 0. The van der Waals surface area contributed by atoms with Crippen molar-refractivity contribution in [2.45, 2.75) is 6.41 Å². The van der Waals surface area contributed by atoms with Crippen molar-refractivity contribution in [3.8, 4) is 0 Å². The van der Waals surface area contributed by atoms with E-state index in [1.807, 2.05) is 0 Å². The minimum atomic E-state index is -0.315. The first-order chi connectivity index (χ1) is 4.84. The monoisotopic (exact) mass is 145 g/mol. The molecule has 4 nitrogen and oxygen atoms in total. The van der Waals surface area contributed by atoms with Gasteiger partial charge < -0.3 is 14.3 Å². The van der Waals surface area contributed by atoms with Gasteiger partial charge >= 0.3 is 0 Å². The SMILES string of the molecule is CN(CC=O)C1OCCO1. The summed E-state index contributed by atoms with van der Waals surface area (Å²) in [5.74, 6) is 0. The summed E-state index contributed by atoms with van der Waals surface area (Å²) in [6, 6.07) is 0. The second-order valence-corrected chi connectivity index (χ2v) is 2.15. The van der Waals surface area contributed by atoms with Crippen LogP contribution in [-0.4, -0.2) is 44.4 Å². The van der Waals surface area contributed by atoms with E-state index >= 15 is 0 Å². The van der Waals surface area contributed by atoms with Crippen LogP contribution in [0.25, 0.3) is 0 Å². The maximum absolute atomic E-state index is 10.0. The van der Waals surface area contributed by atoms with Crippen LogP contribution in [0.5, 0.6) is 0 Å². The molecule has 0 N–H and O–H groups in total. The lowest BCUT2D eigenvalue weighted by atomic mass is 10.6. The van der Waals surface area contributed by atoms with Crippen molar-refractivity contribution in [1.29, 1.82) is 0 Å². The van der Waals surface area contributed by atoms with Crippen LogP contribution in [-0.2, 0) is 14.3 Å². The molecule has 0 aromatic carbocycles. The third kappa shape index (κ3) is 1.76. The first-order valence-corrected chi connectivity index (χ1v) is 3.21. The Balaban J connectivity index is 2.24. The third-order valence-electron chi connectivity index (χ3n) is 1.33. The smallest absolute Gasteiger partial charge is 0.218 e. The molecule has 4 heteroatoms. The van der Waals surface area contributed by atoms with Gasteiger partial charge in [0, 0.05) is 0 Å². The molecule has 58 valence electrons. The van der Waals surface area contributed by atoms with E-state index in [-0.39, 0.29) is 6.41 Å². The number of carbonyl (C=O) groups is 1. The second-order valence-electron chi connectivity index (χ2n) is 2.15. The highest BCUT2D eigenvalue weighted by atomic mass is 16.7. The van der Waals surface area contributed by atoms with Crippen LogP contribution in [0.1, 0.15) is 0 Å². The van der Waals surface area contributed by atoms with Gasteiger partial charge in [-0.15, -0.1) is 0 Å². The molecule has 0 aromatic heterocycles. The Morgan fingerprint density at radius 3 is 2.70 bits per heavy atom. The van der Waals surface area contributed by atoms with E-state index < -0.39 is 0 Å². The molecule has 0 bridgehead atoms. The summed E-state index contributed by atoms with van der Waals surface area (Å²) in [6.07, 6.45) is 0.510. The summed E-state index contributed by atoms with van der Waals surface area (Å²) in [4.78, 5) is 11.7. The van der Waals surface area contributed by atoms with Crippen LogP contribution in [0.3, 0.4) is 0 Å². The Morgan fingerprint density at radius 2 is 2.20 bits per heavy atom. The van der Waals surface area contributed by atoms with Gasteiger partial charge in [-0.1, -0.05) is 0 Å². The van der Waals surface area contributed by atoms with Crippen molar-refractivity contribution < 1.29 is 14.3 Å². The maximum Gasteiger partial charge on any atom is 0.218 e. The van der Waals surface area contributed by atoms with Crippen molar-refractivity contribution in [3.63, 3.8) is 0 Å². The van der Waals surface area contributed by atoms with Crippen LogP contribution in [0.4, 0.5) is 0 Å². The van der Waals surface area contributed by atoms with E-state index in [0.717, 1.165) is 6.29 Å². The van der Waals surface area contributed by atoms with Crippen molar-refractivity contribution in [3.05, 3.63) is 0 Å². The summed E-state index contributed by atoms with van der Waals surface area (Å²) in [5.41, 5.74) is 0. The average molecular weight is 145 g/mol. The summed E-state index contributed by atoms with van der Waals surface area (Å²) < 4.78 is 10.2. The summed E-state index contributed by atoms with van der Waals surface area (Å²) in [6.45, 7) is 1.59. The normalized spacial score (nSPS) is 20.2. The van der Waals surface area contributed by atoms with E-state index in [1.54, 1.807) is 11.9 Å². The third-order valence-corrected chi connectivity index (χ3v) is 1.33. The molecule has 1 heterocycles. The Labute approximate surface area is 59.7 Å². The molecule has 0 spiro atoms. The molecule has 0 unspecified atom stereocenters. The van der Waals surface area contributed by atoms with Gasteiger partial charge in [0.1, 0.15) is 6.29 Å². The first kappa shape index (κ1) is 7.65. The van der Waals surface area contributed by atoms with Crippen LogP contribution >= 0.6 is 0 Å². The molecule has 10 heavy (non-hydrogen) atoms. The van der Waals surface area contributed by atoms with Crippen LogP contribution < -0.4 is 0 Å². The Morgan fingerprint density at radius 1 is 1.60 bits per heavy atom. The number of carbonyl (C=O) groups excluding carboxylic acids is 1. The van der Waals surface area contributed by atoms with Gasteiger partial charge in [0.2, 0.25) is 6.41 Å². The van der Waals surface area contributed by atoms with Crippen LogP contribution in [0.2, 0.25) is 0 Å². The number of aldehydes is 1. The van der Waals surface area contributed by atoms with E-state index in [2.05, 4.69) is 0 Å². The van der Waals surface area contributed by atoms with Crippen LogP contribution in [0.15, 0.2) is 0 Å². The van der Waals surface area contributed by atoms with Gasteiger partial charge in [-0.2, -0.15) is 0 Å². The zero-order chi connectivity index (χ0) is 7.40. The fourth-order valence-corrected chi connectivity index (χ4v) is 0.804. The number of likely N-dealkylation sites (N-methyl/N-ethyl adjacent to an activating group) is 1. The molecule has 1 aliphatic rings. The Hall–Kier alpha value is -0.450. The first-order valence-electron chi connectivity index (χ1n) is 3.21. The lowest BCUT2D eigenvalue weighted by Crippen LogP contribution is -2.33. The average Bonchev–Trinajstić information content (AvgIpc) is 2.38. The second kappa shape index (κ2) is 3.65. The fraction of sp³-hybridized carbons (Fsp3) is 0.833. The molecule has 0 aromatic rings. The van der Waals surface area contributed by atoms with Gasteiger partial charge in [0.05, 0.1) is 19.8 Å². The van der Waals surface area contributed by atoms with Crippen molar-refractivity contribution >= 4 is 6.29 Å². The minimum Gasteiger partial charge on any atom is -0.337 e. The van der Waals surface area contributed by atoms with E-state index in [1.165, 1.54) is 0 Å². The molecule has 1 saturated heterocycles. The molecule has 0 aliphatic carbocycles. The molecule has 0 amide bonds. The molecule has 0 radical (unpaired) electrons. The number of rotatable bonds is 3. The van der Waals surface area contributed by atoms with Gasteiger partial charge in [-0.25, -0.2) is 0 Å². The summed E-state index contributed by atoms with van der Waals surface area (Å²) in [7, 11) is 1.78. The van der Waals surface area contributed by atoms with Gasteiger partial charge in [0.15, 0.2) is 0 Å². The fourth-order valence-electron chi connectivity index (χ4n) is 0.804. The number of ether oxygens (including phenoxy) is 2. The zero-order valence-corrected chi connectivity index (χ0v) is 5.95. The lowest BCUT2D eigenvalue weighted by Gasteiger charge is -2.18. The molecule has 0 atom stereocenters. The zero-order valence-electron chi connectivity index (χ0n) is 5.95. The Kier molecular flexibility index (Phi) is 2.80. The summed E-state index contributed by atoms with van der Waals surface area (Å²) >= 11 is 0. The number of nitrogens with zero attached hydrogens (tertiary/aromatic N) is 1. The molecule has 0 saturated carbocycles. The molecule has 1 aliphatic heterocycles. The predicted octanol–water partition coefficient (Wildman–Crippen LogP) is -0.553. The van der Waals surface area contributed by atoms with Gasteiger partial charge in [-0.05, 0) is 7.05 Å². The molecular formula is C6H11NO3. The molecule has 1 fully saturated rings.